The van der Waals surface area contributed by atoms with E-state index in [1.54, 1.807) is 0 Å². The Balaban J connectivity index is 4.31. The summed E-state index contributed by atoms with van der Waals surface area (Å²) < 4.78 is 16.9. The van der Waals surface area contributed by atoms with Crippen molar-refractivity contribution in [2.45, 2.75) is 323 Å². The molecule has 0 amide bonds. The van der Waals surface area contributed by atoms with Crippen LogP contribution in [0.1, 0.15) is 317 Å². The molecule has 0 unspecified atom stereocenters. The molecule has 0 N–H and O–H groups in total. The second-order valence-electron chi connectivity index (χ2n) is 20.5. The molecule has 0 aromatic rings. The van der Waals surface area contributed by atoms with Gasteiger partial charge in [-0.25, -0.2) is 0 Å². The molecule has 0 spiro atoms. The Bertz CT molecular complexity index is 962. The molecule has 374 valence electrons. The summed E-state index contributed by atoms with van der Waals surface area (Å²) in [5.41, 5.74) is 0. The summed E-state index contributed by atoms with van der Waals surface area (Å²) in [6.07, 6.45) is 52.3. The van der Waals surface area contributed by atoms with E-state index in [2.05, 4.69) is 34.6 Å². The van der Waals surface area contributed by atoms with Crippen LogP contribution >= 0.6 is 0 Å². The molecule has 63 heavy (non-hydrogen) atoms. The molecule has 0 saturated heterocycles. The summed E-state index contributed by atoms with van der Waals surface area (Å²) in [6, 6.07) is 0. The van der Waals surface area contributed by atoms with E-state index in [0.29, 0.717) is 19.3 Å². The van der Waals surface area contributed by atoms with Gasteiger partial charge in [0.05, 0.1) is 0 Å². The maximum Gasteiger partial charge on any atom is 0.306 e. The third-order valence-electron chi connectivity index (χ3n) is 13.0. The number of esters is 3. The zero-order valence-corrected chi connectivity index (χ0v) is 43.2. The highest BCUT2D eigenvalue weighted by Gasteiger charge is 2.19. The second kappa shape index (κ2) is 49.8. The Labute approximate surface area is 393 Å². The predicted molar refractivity (Wildman–Crippen MR) is 270 cm³/mol. The van der Waals surface area contributed by atoms with Crippen LogP contribution in [0.2, 0.25) is 0 Å². The van der Waals surface area contributed by atoms with Gasteiger partial charge >= 0.3 is 17.9 Å². The normalized spacial score (nSPS) is 12.0. The van der Waals surface area contributed by atoms with E-state index in [0.717, 1.165) is 69.6 Å². The summed E-state index contributed by atoms with van der Waals surface area (Å²) >= 11 is 0. The predicted octanol–water partition coefficient (Wildman–Crippen LogP) is 18.5. The van der Waals surface area contributed by atoms with Crippen molar-refractivity contribution in [2.24, 2.45) is 11.8 Å². The number of carbonyl (C=O) groups excluding carboxylic acids is 3. The van der Waals surface area contributed by atoms with Gasteiger partial charge in [0.15, 0.2) is 6.10 Å². The highest BCUT2D eigenvalue weighted by atomic mass is 16.6. The van der Waals surface area contributed by atoms with Gasteiger partial charge in [-0.15, -0.1) is 0 Å². The van der Waals surface area contributed by atoms with Crippen molar-refractivity contribution in [1.82, 2.24) is 0 Å². The van der Waals surface area contributed by atoms with E-state index in [-0.39, 0.29) is 31.1 Å². The number of hydrogen-bond donors (Lipinski definition) is 0. The summed E-state index contributed by atoms with van der Waals surface area (Å²) in [5.74, 6) is 0.831. The second-order valence-corrected chi connectivity index (χ2v) is 20.5. The number of ether oxygens (including phenoxy) is 3. The maximum absolute atomic E-state index is 12.8. The topological polar surface area (TPSA) is 78.9 Å². The fourth-order valence-electron chi connectivity index (χ4n) is 8.70. The molecule has 0 heterocycles. The molecule has 0 bridgehead atoms. The molecule has 0 aromatic heterocycles. The van der Waals surface area contributed by atoms with E-state index in [1.807, 2.05) is 0 Å². The summed E-state index contributed by atoms with van der Waals surface area (Å²) in [4.78, 5) is 38.1. The first-order chi connectivity index (χ1) is 30.7. The lowest BCUT2D eigenvalue weighted by Gasteiger charge is -2.18. The minimum atomic E-state index is -0.762. The lowest BCUT2D eigenvalue weighted by atomic mass is 10.0. The highest BCUT2D eigenvalue weighted by Crippen LogP contribution is 2.18. The van der Waals surface area contributed by atoms with Crippen LogP contribution in [0.4, 0.5) is 0 Å². The minimum absolute atomic E-state index is 0.0628. The molecule has 0 radical (unpaired) electrons. The molecule has 1 atom stereocenters. The Morgan fingerprint density at radius 3 is 0.778 bits per heavy atom. The standard InChI is InChI=1S/C57H110O6/c1-6-7-8-9-10-11-12-13-16-22-27-32-37-42-47-55(58)61-50-54(63-57(60)49-44-39-34-29-24-19-18-21-26-31-36-41-46-53(4)5)51-62-56(59)48-43-38-33-28-23-17-14-15-20-25-30-35-40-45-52(2)3/h52-54H,6-51H2,1-5H3/t54-/m1/s1. The van der Waals surface area contributed by atoms with Crippen LogP contribution in [-0.2, 0) is 28.6 Å². The van der Waals surface area contributed by atoms with E-state index in [9.17, 15) is 14.4 Å². The van der Waals surface area contributed by atoms with Gasteiger partial charge < -0.3 is 14.2 Å². The molecule has 0 aromatic carbocycles. The van der Waals surface area contributed by atoms with Gasteiger partial charge in [-0.2, -0.15) is 0 Å². The summed E-state index contributed by atoms with van der Waals surface area (Å²) in [5, 5.41) is 0. The lowest BCUT2D eigenvalue weighted by Crippen LogP contribution is -2.30. The first kappa shape index (κ1) is 61.4. The molecule has 0 aliphatic heterocycles. The van der Waals surface area contributed by atoms with Crippen molar-refractivity contribution < 1.29 is 28.6 Å². The van der Waals surface area contributed by atoms with Crippen molar-refractivity contribution in [1.29, 1.82) is 0 Å². The Morgan fingerprint density at radius 1 is 0.302 bits per heavy atom. The zero-order chi connectivity index (χ0) is 46.1. The highest BCUT2D eigenvalue weighted by molar-refractivity contribution is 5.71. The first-order valence-corrected chi connectivity index (χ1v) is 28.2. The van der Waals surface area contributed by atoms with Gasteiger partial charge in [0.25, 0.3) is 0 Å². The van der Waals surface area contributed by atoms with Gasteiger partial charge in [0.2, 0.25) is 0 Å². The molecule has 0 fully saturated rings. The van der Waals surface area contributed by atoms with Gasteiger partial charge in [0.1, 0.15) is 13.2 Å². The van der Waals surface area contributed by atoms with Gasteiger partial charge in [-0.05, 0) is 31.1 Å². The fourth-order valence-corrected chi connectivity index (χ4v) is 8.70. The average Bonchev–Trinajstić information content (AvgIpc) is 3.25. The fraction of sp³-hybridized carbons (Fsp3) is 0.947. The number of carbonyl (C=O) groups is 3. The van der Waals surface area contributed by atoms with Crippen LogP contribution in [0.15, 0.2) is 0 Å². The van der Waals surface area contributed by atoms with E-state index in [4.69, 9.17) is 14.2 Å². The largest absolute Gasteiger partial charge is 0.462 e. The number of rotatable bonds is 51. The first-order valence-electron chi connectivity index (χ1n) is 28.2. The van der Waals surface area contributed by atoms with Crippen LogP contribution < -0.4 is 0 Å². The molecular formula is C57H110O6. The van der Waals surface area contributed by atoms with Crippen molar-refractivity contribution in [2.75, 3.05) is 13.2 Å². The van der Waals surface area contributed by atoms with Crippen molar-refractivity contribution in [3.05, 3.63) is 0 Å². The van der Waals surface area contributed by atoms with E-state index >= 15 is 0 Å². The third kappa shape index (κ3) is 51.3. The van der Waals surface area contributed by atoms with Crippen LogP contribution in [-0.4, -0.2) is 37.2 Å². The summed E-state index contributed by atoms with van der Waals surface area (Å²) in [6.45, 7) is 11.4. The Morgan fingerprint density at radius 2 is 0.524 bits per heavy atom. The maximum atomic E-state index is 12.8. The molecule has 0 aliphatic rings. The van der Waals surface area contributed by atoms with Crippen LogP contribution in [0.25, 0.3) is 0 Å². The van der Waals surface area contributed by atoms with E-state index < -0.39 is 6.10 Å². The van der Waals surface area contributed by atoms with Gasteiger partial charge in [0, 0.05) is 19.3 Å². The third-order valence-corrected chi connectivity index (χ3v) is 13.0. The molecule has 0 saturated carbocycles. The van der Waals surface area contributed by atoms with Crippen LogP contribution in [0.5, 0.6) is 0 Å². The lowest BCUT2D eigenvalue weighted by molar-refractivity contribution is -0.167. The Kier molecular flexibility index (Phi) is 48.6. The van der Waals surface area contributed by atoms with Crippen LogP contribution in [0, 0.1) is 11.8 Å². The molecule has 6 heteroatoms. The van der Waals surface area contributed by atoms with Crippen molar-refractivity contribution >= 4 is 17.9 Å². The number of hydrogen-bond acceptors (Lipinski definition) is 6. The van der Waals surface area contributed by atoms with Gasteiger partial charge in [-0.1, -0.05) is 279 Å². The van der Waals surface area contributed by atoms with Crippen molar-refractivity contribution in [3.8, 4) is 0 Å². The SMILES string of the molecule is CCCCCCCCCCCCCCCCC(=O)OC[C@H](COC(=O)CCCCCCCCCCCCCCCC(C)C)OC(=O)CCCCCCCCCCCCCCC(C)C. The van der Waals surface area contributed by atoms with Gasteiger partial charge in [-0.3, -0.25) is 14.4 Å². The zero-order valence-electron chi connectivity index (χ0n) is 43.2. The van der Waals surface area contributed by atoms with Crippen molar-refractivity contribution in [3.63, 3.8) is 0 Å². The average molecular weight is 892 g/mol. The smallest absolute Gasteiger partial charge is 0.306 e. The molecular weight excluding hydrogens is 781 g/mol. The minimum Gasteiger partial charge on any atom is -0.462 e. The quantitative estimate of drug-likeness (QED) is 0.0344. The monoisotopic (exact) mass is 891 g/mol. The molecule has 6 nitrogen and oxygen atoms in total. The Hall–Kier alpha value is -1.59. The summed E-state index contributed by atoms with van der Waals surface area (Å²) in [7, 11) is 0. The molecule has 0 rings (SSSR count). The number of unbranched alkanes of at least 4 members (excludes halogenated alkanes) is 36. The molecule has 0 aliphatic carbocycles. The van der Waals surface area contributed by atoms with E-state index in [1.165, 1.54) is 205 Å². The van der Waals surface area contributed by atoms with Crippen LogP contribution in [0.3, 0.4) is 0 Å².